The molecule has 1 aromatic heterocycles. The van der Waals surface area contributed by atoms with Gasteiger partial charge >= 0.3 is 0 Å². The summed E-state index contributed by atoms with van der Waals surface area (Å²) in [5.74, 6) is 0.554. The highest BCUT2D eigenvalue weighted by atomic mass is 16.5. The van der Waals surface area contributed by atoms with E-state index in [9.17, 15) is 0 Å². The van der Waals surface area contributed by atoms with Crippen LogP contribution in [0.15, 0.2) is 12.4 Å². The van der Waals surface area contributed by atoms with Gasteiger partial charge in [-0.15, -0.1) is 0 Å². The number of aromatic nitrogens is 2. The van der Waals surface area contributed by atoms with Crippen LogP contribution < -0.4 is 5.32 Å². The van der Waals surface area contributed by atoms with Crippen LogP contribution in [0.5, 0.6) is 0 Å². The predicted molar refractivity (Wildman–Crippen MR) is 58.8 cm³/mol. The highest BCUT2D eigenvalue weighted by molar-refractivity contribution is 5.46. The van der Waals surface area contributed by atoms with E-state index in [1.807, 2.05) is 6.07 Å². The van der Waals surface area contributed by atoms with Crippen LogP contribution in [0.25, 0.3) is 0 Å². The SMILES string of the molecule is C[C@@]1(CNc2nccnc2C#N)CCOC1. The lowest BCUT2D eigenvalue weighted by atomic mass is 9.90. The Kier molecular flexibility index (Phi) is 3.02. The van der Waals surface area contributed by atoms with Crippen molar-refractivity contribution < 1.29 is 4.74 Å². The molecule has 2 heterocycles. The van der Waals surface area contributed by atoms with Crippen LogP contribution in [-0.4, -0.2) is 29.7 Å². The summed E-state index contributed by atoms with van der Waals surface area (Å²) < 4.78 is 5.36. The molecule has 1 fully saturated rings. The number of rotatable bonds is 3. The number of ether oxygens (including phenoxy) is 1. The molecule has 0 spiro atoms. The zero-order valence-corrected chi connectivity index (χ0v) is 9.23. The first-order valence-corrected chi connectivity index (χ1v) is 5.26. The lowest BCUT2D eigenvalue weighted by Crippen LogP contribution is -2.27. The van der Waals surface area contributed by atoms with Crippen LogP contribution >= 0.6 is 0 Å². The molecule has 0 unspecified atom stereocenters. The maximum absolute atomic E-state index is 8.86. The first kappa shape index (κ1) is 10.8. The van der Waals surface area contributed by atoms with E-state index < -0.39 is 0 Å². The third-order valence-electron chi connectivity index (χ3n) is 2.79. The third-order valence-corrected chi connectivity index (χ3v) is 2.79. The van der Waals surface area contributed by atoms with E-state index in [1.165, 1.54) is 6.20 Å². The van der Waals surface area contributed by atoms with Crippen molar-refractivity contribution in [1.82, 2.24) is 9.97 Å². The molecule has 1 aromatic rings. The van der Waals surface area contributed by atoms with Gasteiger partial charge in [0.15, 0.2) is 11.5 Å². The maximum atomic E-state index is 8.86. The molecule has 0 aromatic carbocycles. The highest BCUT2D eigenvalue weighted by Gasteiger charge is 2.29. The van der Waals surface area contributed by atoms with Crippen molar-refractivity contribution in [1.29, 1.82) is 5.26 Å². The third kappa shape index (κ3) is 2.28. The largest absolute Gasteiger partial charge is 0.381 e. The highest BCUT2D eigenvalue weighted by Crippen LogP contribution is 2.27. The number of nitrogens with one attached hydrogen (secondary N) is 1. The van der Waals surface area contributed by atoms with Crippen molar-refractivity contribution in [3.63, 3.8) is 0 Å². The van der Waals surface area contributed by atoms with Gasteiger partial charge in [0, 0.05) is 31.0 Å². The molecular formula is C11H14N4O. The average molecular weight is 218 g/mol. The molecule has 0 amide bonds. The van der Waals surface area contributed by atoms with Crippen LogP contribution in [0.4, 0.5) is 5.82 Å². The fourth-order valence-corrected chi connectivity index (χ4v) is 1.70. The monoisotopic (exact) mass is 218 g/mol. The van der Waals surface area contributed by atoms with Crippen molar-refractivity contribution in [3.8, 4) is 6.07 Å². The van der Waals surface area contributed by atoms with Crippen molar-refractivity contribution in [3.05, 3.63) is 18.1 Å². The second-order valence-corrected chi connectivity index (χ2v) is 4.33. The van der Waals surface area contributed by atoms with Gasteiger partial charge in [0.25, 0.3) is 0 Å². The van der Waals surface area contributed by atoms with E-state index in [0.717, 1.165) is 26.2 Å². The Morgan fingerprint density at radius 2 is 2.38 bits per heavy atom. The molecule has 1 N–H and O–H groups in total. The predicted octanol–water partition coefficient (Wildman–Crippen LogP) is 1.19. The smallest absolute Gasteiger partial charge is 0.182 e. The molecule has 0 saturated carbocycles. The molecular weight excluding hydrogens is 204 g/mol. The Morgan fingerprint density at radius 3 is 3.06 bits per heavy atom. The summed E-state index contributed by atoms with van der Waals surface area (Å²) in [6.45, 7) is 4.47. The average Bonchev–Trinajstić information content (AvgIpc) is 2.74. The molecule has 0 bridgehead atoms. The number of hydrogen-bond acceptors (Lipinski definition) is 5. The van der Waals surface area contributed by atoms with Crippen LogP contribution in [0.2, 0.25) is 0 Å². The molecule has 1 aliphatic rings. The van der Waals surface area contributed by atoms with Gasteiger partial charge in [0.1, 0.15) is 6.07 Å². The lowest BCUT2D eigenvalue weighted by molar-refractivity contribution is 0.164. The minimum Gasteiger partial charge on any atom is -0.381 e. The van der Waals surface area contributed by atoms with Crippen molar-refractivity contribution >= 4 is 5.82 Å². The Balaban J connectivity index is 2.02. The molecule has 5 nitrogen and oxygen atoms in total. The van der Waals surface area contributed by atoms with Crippen LogP contribution in [-0.2, 0) is 4.74 Å². The topological polar surface area (TPSA) is 70.8 Å². The number of anilines is 1. The summed E-state index contributed by atoms with van der Waals surface area (Å²) in [4.78, 5) is 8.05. The molecule has 0 radical (unpaired) electrons. The van der Waals surface area contributed by atoms with Gasteiger partial charge in [-0.2, -0.15) is 5.26 Å². The van der Waals surface area contributed by atoms with Gasteiger partial charge < -0.3 is 10.1 Å². The summed E-state index contributed by atoms with van der Waals surface area (Å²) >= 11 is 0. The summed E-state index contributed by atoms with van der Waals surface area (Å²) in [6, 6.07) is 2.02. The summed E-state index contributed by atoms with van der Waals surface area (Å²) in [5.41, 5.74) is 0.467. The van der Waals surface area contributed by atoms with Crippen molar-refractivity contribution in [2.24, 2.45) is 5.41 Å². The fourth-order valence-electron chi connectivity index (χ4n) is 1.70. The first-order valence-electron chi connectivity index (χ1n) is 5.26. The van der Waals surface area contributed by atoms with Gasteiger partial charge in [-0.3, -0.25) is 0 Å². The van der Waals surface area contributed by atoms with E-state index >= 15 is 0 Å². The summed E-state index contributed by atoms with van der Waals surface area (Å²) in [5, 5.41) is 12.0. The molecule has 16 heavy (non-hydrogen) atoms. The zero-order chi connectivity index (χ0) is 11.4. The zero-order valence-electron chi connectivity index (χ0n) is 9.23. The van der Waals surface area contributed by atoms with Crippen molar-refractivity contribution in [2.75, 3.05) is 25.1 Å². The van der Waals surface area contributed by atoms with Gasteiger partial charge in [-0.1, -0.05) is 6.92 Å². The minimum atomic E-state index is 0.129. The van der Waals surface area contributed by atoms with Gasteiger partial charge in [-0.25, -0.2) is 9.97 Å². The summed E-state index contributed by atoms with van der Waals surface area (Å²) in [7, 11) is 0. The Labute approximate surface area is 94.5 Å². The first-order chi connectivity index (χ1) is 7.73. The second kappa shape index (κ2) is 4.45. The van der Waals surface area contributed by atoms with Gasteiger partial charge in [-0.05, 0) is 6.42 Å². The van der Waals surface area contributed by atoms with E-state index in [1.54, 1.807) is 6.20 Å². The molecule has 1 atom stereocenters. The molecule has 0 aliphatic carbocycles. The fraction of sp³-hybridized carbons (Fsp3) is 0.545. The molecule has 2 rings (SSSR count). The molecule has 84 valence electrons. The quantitative estimate of drug-likeness (QED) is 0.825. The van der Waals surface area contributed by atoms with E-state index in [-0.39, 0.29) is 5.41 Å². The second-order valence-electron chi connectivity index (χ2n) is 4.33. The molecule has 5 heteroatoms. The minimum absolute atomic E-state index is 0.129. The van der Waals surface area contributed by atoms with Gasteiger partial charge in [0.05, 0.1) is 6.61 Å². The number of hydrogen-bond donors (Lipinski definition) is 1. The molecule has 1 aliphatic heterocycles. The maximum Gasteiger partial charge on any atom is 0.182 e. The normalized spacial score (nSPS) is 24.0. The van der Waals surface area contributed by atoms with E-state index in [0.29, 0.717) is 11.5 Å². The Morgan fingerprint density at radius 1 is 1.56 bits per heavy atom. The Bertz CT molecular complexity index is 407. The van der Waals surface area contributed by atoms with Crippen LogP contribution in [0.1, 0.15) is 19.0 Å². The summed E-state index contributed by atoms with van der Waals surface area (Å²) in [6.07, 6.45) is 4.13. The lowest BCUT2D eigenvalue weighted by Gasteiger charge is -2.22. The Hall–Kier alpha value is -1.67. The number of nitriles is 1. The van der Waals surface area contributed by atoms with Crippen LogP contribution in [0, 0.1) is 16.7 Å². The number of nitrogens with zero attached hydrogens (tertiary/aromatic N) is 3. The van der Waals surface area contributed by atoms with Crippen molar-refractivity contribution in [2.45, 2.75) is 13.3 Å². The van der Waals surface area contributed by atoms with Crippen LogP contribution in [0.3, 0.4) is 0 Å². The van der Waals surface area contributed by atoms with E-state index in [4.69, 9.17) is 10.00 Å². The standard InChI is InChI=1S/C11H14N4O/c1-11(2-5-16-8-11)7-15-10-9(6-12)13-3-4-14-10/h3-4H,2,5,7-8H2,1H3,(H,14,15)/t11-/m0/s1. The van der Waals surface area contributed by atoms with Gasteiger partial charge in [0.2, 0.25) is 0 Å². The molecule has 1 saturated heterocycles. The van der Waals surface area contributed by atoms with E-state index in [2.05, 4.69) is 22.2 Å².